The normalized spacial score (nSPS) is 13.8. The highest BCUT2D eigenvalue weighted by Gasteiger charge is 2.46. The molecule has 0 fully saturated rings. The average molecular weight is 661 g/mol. The summed E-state index contributed by atoms with van der Waals surface area (Å²) >= 11 is 0. The number of aliphatic hydroxyl groups is 1. The second-order valence-electron chi connectivity index (χ2n) is 12.3. The van der Waals surface area contributed by atoms with Gasteiger partial charge in [0, 0.05) is 21.0 Å². The zero-order valence-corrected chi connectivity index (χ0v) is 29.1. The number of unbranched alkanes of at least 4 members (excludes halogenated alkanes) is 3. The standard InChI is InChI=1S/C34H52N2O9Si/c1-7-9-22-44-27-18-16-26(17-19-27)25-29(31(38)43-3)36-30(37)28(34(42,20-8-2)32(39)40)15-13-11-10-12-14-21-35-33(41)45-23-24-46(4,5)6/h13,15-19,28-29,42H,8,10-12,14,20-25H2,1-6H3,(H,35,41)(H,36,37)(H,39,40)/b15-13+/t28-,29+,34+/m1/s1. The molecule has 0 aliphatic rings. The third kappa shape index (κ3) is 15.4. The van der Waals surface area contributed by atoms with Gasteiger partial charge in [0.05, 0.1) is 19.6 Å². The summed E-state index contributed by atoms with van der Waals surface area (Å²) in [6, 6.07) is 6.70. The van der Waals surface area contributed by atoms with Gasteiger partial charge in [-0.1, -0.05) is 69.6 Å². The van der Waals surface area contributed by atoms with E-state index >= 15 is 0 Å². The molecule has 256 valence electrons. The highest BCUT2D eigenvalue weighted by atomic mass is 28.3. The summed E-state index contributed by atoms with van der Waals surface area (Å²) in [5, 5.41) is 26.4. The van der Waals surface area contributed by atoms with Crippen molar-refractivity contribution in [2.24, 2.45) is 5.92 Å². The summed E-state index contributed by atoms with van der Waals surface area (Å²) < 4.78 is 15.6. The number of ether oxygens (including phenoxy) is 3. The van der Waals surface area contributed by atoms with Gasteiger partial charge in [-0.25, -0.2) is 14.4 Å². The molecule has 0 unspecified atom stereocenters. The number of carboxylic acid groups (broad SMARTS) is 1. The van der Waals surface area contributed by atoms with Crippen LogP contribution in [-0.2, 0) is 30.3 Å². The van der Waals surface area contributed by atoms with Gasteiger partial charge in [-0.3, -0.25) is 4.79 Å². The summed E-state index contributed by atoms with van der Waals surface area (Å²) in [6.45, 7) is 11.2. The number of carbonyl (C=O) groups is 4. The van der Waals surface area contributed by atoms with Crippen molar-refractivity contribution < 1.29 is 43.6 Å². The topological polar surface area (TPSA) is 160 Å². The third-order valence-electron chi connectivity index (χ3n) is 7.18. The number of nitrogens with one attached hydrogen (secondary N) is 2. The highest BCUT2D eigenvalue weighted by molar-refractivity contribution is 6.76. The molecule has 0 heterocycles. The average Bonchev–Trinajstić information content (AvgIpc) is 2.99. The molecular formula is C34H52N2O9Si. The lowest BCUT2D eigenvalue weighted by atomic mass is 9.82. The molecule has 1 aromatic rings. The van der Waals surface area contributed by atoms with Crippen LogP contribution >= 0.6 is 0 Å². The summed E-state index contributed by atoms with van der Waals surface area (Å²) in [5.74, 6) is 1.64. The largest absolute Gasteiger partial charge is 0.481 e. The van der Waals surface area contributed by atoms with E-state index in [2.05, 4.69) is 42.1 Å². The van der Waals surface area contributed by atoms with Crippen LogP contribution in [0.4, 0.5) is 4.79 Å². The minimum Gasteiger partial charge on any atom is -0.481 e. The Labute approximate surface area is 274 Å². The minimum atomic E-state index is -2.38. The number of aliphatic carboxylic acids is 1. The molecule has 2 amide bonds. The molecule has 12 heteroatoms. The van der Waals surface area contributed by atoms with Gasteiger partial charge in [-0.05, 0) is 56.3 Å². The van der Waals surface area contributed by atoms with Crippen molar-refractivity contribution in [3.63, 3.8) is 0 Å². The maximum absolute atomic E-state index is 13.5. The van der Waals surface area contributed by atoms with Crippen molar-refractivity contribution in [3.8, 4) is 17.6 Å². The van der Waals surface area contributed by atoms with Gasteiger partial charge in [-0.15, -0.1) is 5.92 Å². The number of carboxylic acids is 1. The van der Waals surface area contributed by atoms with E-state index in [1.807, 2.05) is 0 Å². The maximum Gasteiger partial charge on any atom is 0.407 e. The molecule has 0 aliphatic carbocycles. The van der Waals surface area contributed by atoms with Gasteiger partial charge < -0.3 is 35.1 Å². The molecule has 0 aliphatic heterocycles. The number of esters is 1. The van der Waals surface area contributed by atoms with Crippen molar-refractivity contribution in [1.82, 2.24) is 10.6 Å². The number of hydrogen-bond acceptors (Lipinski definition) is 8. The molecule has 4 N–H and O–H groups in total. The van der Waals surface area contributed by atoms with Crippen LogP contribution in [-0.4, -0.2) is 80.7 Å². The fraction of sp³-hybridized carbons (Fsp3) is 0.588. The molecule has 0 saturated heterocycles. The number of allylic oxidation sites excluding steroid dienone is 1. The first-order valence-electron chi connectivity index (χ1n) is 15.8. The monoisotopic (exact) mass is 660 g/mol. The highest BCUT2D eigenvalue weighted by Crippen LogP contribution is 2.27. The van der Waals surface area contributed by atoms with Crippen LogP contribution in [0.2, 0.25) is 25.7 Å². The number of rotatable bonds is 21. The van der Waals surface area contributed by atoms with Gasteiger partial charge in [0.15, 0.2) is 5.60 Å². The lowest BCUT2D eigenvalue weighted by molar-refractivity contribution is -0.167. The molecule has 1 rings (SSSR count). The van der Waals surface area contributed by atoms with Gasteiger partial charge in [0.1, 0.15) is 18.4 Å². The number of alkyl carbamates (subject to hydrolysis) is 1. The van der Waals surface area contributed by atoms with Crippen LogP contribution in [0.1, 0.15) is 57.9 Å². The van der Waals surface area contributed by atoms with E-state index in [0.717, 1.165) is 18.9 Å². The van der Waals surface area contributed by atoms with E-state index in [4.69, 9.17) is 14.2 Å². The zero-order chi connectivity index (χ0) is 34.6. The number of carbonyl (C=O) groups excluding carboxylic acids is 3. The Morgan fingerprint density at radius 3 is 2.37 bits per heavy atom. The van der Waals surface area contributed by atoms with E-state index in [1.165, 1.54) is 13.2 Å². The van der Waals surface area contributed by atoms with Crippen LogP contribution in [0.25, 0.3) is 0 Å². The minimum absolute atomic E-state index is 0.0725. The summed E-state index contributed by atoms with van der Waals surface area (Å²) in [4.78, 5) is 50.2. The molecule has 3 atom stereocenters. The first kappa shape index (κ1) is 40.2. The predicted octanol–water partition coefficient (Wildman–Crippen LogP) is 4.70. The van der Waals surface area contributed by atoms with E-state index in [-0.39, 0.29) is 19.4 Å². The Hall–Kier alpha value is -3.82. The van der Waals surface area contributed by atoms with Crippen molar-refractivity contribution in [1.29, 1.82) is 0 Å². The first-order valence-corrected chi connectivity index (χ1v) is 19.5. The van der Waals surface area contributed by atoms with Crippen molar-refractivity contribution in [3.05, 3.63) is 42.0 Å². The zero-order valence-electron chi connectivity index (χ0n) is 28.1. The summed E-state index contributed by atoms with van der Waals surface area (Å²) in [7, 11) is -0.0728. The fourth-order valence-electron chi connectivity index (χ4n) is 4.47. The lowest BCUT2D eigenvalue weighted by Crippen LogP contribution is -2.54. The van der Waals surface area contributed by atoms with E-state index < -0.39 is 49.6 Å². The second-order valence-corrected chi connectivity index (χ2v) is 17.9. The molecule has 1 aromatic carbocycles. The molecule has 46 heavy (non-hydrogen) atoms. The Morgan fingerprint density at radius 1 is 1.09 bits per heavy atom. The fourth-order valence-corrected chi connectivity index (χ4v) is 5.19. The third-order valence-corrected chi connectivity index (χ3v) is 8.89. The number of benzene rings is 1. The predicted molar refractivity (Wildman–Crippen MR) is 179 cm³/mol. The Balaban J connectivity index is 2.85. The van der Waals surface area contributed by atoms with Crippen LogP contribution in [0.15, 0.2) is 36.4 Å². The maximum atomic E-state index is 13.5. The van der Waals surface area contributed by atoms with Gasteiger partial charge in [0.2, 0.25) is 5.91 Å². The van der Waals surface area contributed by atoms with Gasteiger partial charge in [0.25, 0.3) is 0 Å². The molecular weight excluding hydrogens is 608 g/mol. The van der Waals surface area contributed by atoms with Gasteiger partial charge >= 0.3 is 18.0 Å². The van der Waals surface area contributed by atoms with Crippen LogP contribution < -0.4 is 15.4 Å². The molecule has 0 spiro atoms. The Morgan fingerprint density at radius 2 is 1.78 bits per heavy atom. The number of methoxy groups -OCH3 is 1. The quantitative estimate of drug-likeness (QED) is 0.0482. The van der Waals surface area contributed by atoms with E-state index in [1.54, 1.807) is 44.2 Å². The van der Waals surface area contributed by atoms with Crippen molar-refractivity contribution in [2.75, 3.05) is 26.9 Å². The van der Waals surface area contributed by atoms with Crippen LogP contribution in [0.3, 0.4) is 0 Å². The Bertz CT molecular complexity index is 1200. The molecule has 0 aromatic heterocycles. The smallest absolute Gasteiger partial charge is 0.407 e. The lowest BCUT2D eigenvalue weighted by Gasteiger charge is -2.30. The molecule has 0 saturated carbocycles. The SMILES string of the molecule is CC#CCOc1ccc(C[C@H](NC(=O)[C@@H](/C=C/CCCCCNC(=O)OCC[Si](C)(C)C)[C@@](O)(CCC)C(=O)O)C(=O)OC)cc1. The summed E-state index contributed by atoms with van der Waals surface area (Å²) in [5.41, 5.74) is -1.68. The van der Waals surface area contributed by atoms with Crippen molar-refractivity contribution >= 4 is 32.0 Å². The second kappa shape index (κ2) is 21.1. The van der Waals surface area contributed by atoms with E-state index in [0.29, 0.717) is 43.7 Å². The van der Waals surface area contributed by atoms with Crippen LogP contribution in [0, 0.1) is 17.8 Å². The van der Waals surface area contributed by atoms with E-state index in [9.17, 15) is 29.4 Å². The Kier molecular flexibility index (Phi) is 18.4. The number of amides is 2. The number of hydrogen-bond donors (Lipinski definition) is 4. The van der Waals surface area contributed by atoms with Crippen LogP contribution in [0.5, 0.6) is 5.75 Å². The summed E-state index contributed by atoms with van der Waals surface area (Å²) in [6.07, 6.45) is 5.58. The van der Waals surface area contributed by atoms with Crippen molar-refractivity contribution in [2.45, 2.75) is 96.1 Å². The van der Waals surface area contributed by atoms with Gasteiger partial charge in [-0.2, -0.15) is 0 Å². The molecule has 0 bridgehead atoms. The molecule has 0 radical (unpaired) electrons. The molecule has 11 nitrogen and oxygen atoms in total. The first-order chi connectivity index (χ1) is 21.8.